The van der Waals surface area contributed by atoms with Crippen LogP contribution < -0.4 is 5.32 Å². The van der Waals surface area contributed by atoms with Gasteiger partial charge in [-0.05, 0) is 30.5 Å². The molecule has 1 aliphatic rings. The Labute approximate surface area is 126 Å². The van der Waals surface area contributed by atoms with Crippen molar-refractivity contribution in [1.82, 2.24) is 4.90 Å². The SMILES string of the molecule is CCCCN(CCCC)C(=O)c1ccc2c(c1)NC(=O)C2. The third kappa shape index (κ3) is 3.84. The Morgan fingerprint density at radius 3 is 2.48 bits per heavy atom. The fourth-order valence-corrected chi connectivity index (χ4v) is 2.54. The normalized spacial score (nSPS) is 13.0. The van der Waals surface area contributed by atoms with E-state index in [4.69, 9.17) is 0 Å². The molecule has 1 aliphatic heterocycles. The van der Waals surface area contributed by atoms with Crippen LogP contribution in [0.3, 0.4) is 0 Å². The van der Waals surface area contributed by atoms with Crippen LogP contribution >= 0.6 is 0 Å². The summed E-state index contributed by atoms with van der Waals surface area (Å²) in [7, 11) is 0. The summed E-state index contributed by atoms with van der Waals surface area (Å²) in [6.07, 6.45) is 4.62. The number of nitrogens with one attached hydrogen (secondary N) is 1. The number of nitrogens with zero attached hydrogens (tertiary/aromatic N) is 1. The van der Waals surface area contributed by atoms with Gasteiger partial charge in [0.1, 0.15) is 0 Å². The first-order chi connectivity index (χ1) is 10.2. The van der Waals surface area contributed by atoms with E-state index in [0.717, 1.165) is 50.0 Å². The van der Waals surface area contributed by atoms with Gasteiger partial charge in [-0.3, -0.25) is 9.59 Å². The Morgan fingerprint density at radius 2 is 1.86 bits per heavy atom. The predicted octanol–water partition coefficient (Wildman–Crippen LogP) is 3.22. The molecule has 1 heterocycles. The largest absolute Gasteiger partial charge is 0.339 e. The second-order valence-electron chi connectivity index (χ2n) is 5.60. The van der Waals surface area contributed by atoms with E-state index in [1.165, 1.54) is 0 Å². The average molecular weight is 288 g/mol. The van der Waals surface area contributed by atoms with E-state index in [1.807, 2.05) is 23.1 Å². The van der Waals surface area contributed by atoms with Crippen LogP contribution in [-0.2, 0) is 11.2 Å². The zero-order valence-corrected chi connectivity index (χ0v) is 12.9. The summed E-state index contributed by atoms with van der Waals surface area (Å²) in [5.74, 6) is 0.0734. The van der Waals surface area contributed by atoms with Crippen LogP contribution in [-0.4, -0.2) is 29.8 Å². The minimum absolute atomic E-state index is 0.00317. The first kappa shape index (κ1) is 15.5. The van der Waals surface area contributed by atoms with Crippen LogP contribution in [0.5, 0.6) is 0 Å². The fraction of sp³-hybridized carbons (Fsp3) is 0.529. The van der Waals surface area contributed by atoms with Crippen LogP contribution in [0.4, 0.5) is 5.69 Å². The average Bonchev–Trinajstić information content (AvgIpc) is 2.85. The molecule has 2 rings (SSSR count). The van der Waals surface area contributed by atoms with Gasteiger partial charge in [0.25, 0.3) is 5.91 Å². The van der Waals surface area contributed by atoms with Crippen molar-refractivity contribution in [2.24, 2.45) is 0 Å². The van der Waals surface area contributed by atoms with Crippen molar-refractivity contribution in [3.63, 3.8) is 0 Å². The Kier molecular flexibility index (Phi) is 5.37. The molecule has 0 aliphatic carbocycles. The van der Waals surface area contributed by atoms with Crippen LogP contribution in [0.25, 0.3) is 0 Å². The number of carbonyl (C=O) groups excluding carboxylic acids is 2. The minimum Gasteiger partial charge on any atom is -0.339 e. The van der Waals surface area contributed by atoms with E-state index in [2.05, 4.69) is 19.2 Å². The summed E-state index contributed by atoms with van der Waals surface area (Å²) < 4.78 is 0. The fourth-order valence-electron chi connectivity index (χ4n) is 2.54. The molecule has 21 heavy (non-hydrogen) atoms. The highest BCUT2D eigenvalue weighted by molar-refractivity contribution is 6.02. The number of unbranched alkanes of at least 4 members (excludes halogenated alkanes) is 2. The second kappa shape index (κ2) is 7.25. The van der Waals surface area contributed by atoms with Crippen LogP contribution in [0.2, 0.25) is 0 Å². The third-order valence-electron chi connectivity index (χ3n) is 3.83. The lowest BCUT2D eigenvalue weighted by molar-refractivity contribution is -0.115. The summed E-state index contributed by atoms with van der Waals surface area (Å²) in [5.41, 5.74) is 2.44. The lowest BCUT2D eigenvalue weighted by Crippen LogP contribution is -2.33. The first-order valence-corrected chi connectivity index (χ1v) is 7.87. The number of anilines is 1. The Balaban J connectivity index is 2.12. The number of rotatable bonds is 7. The molecule has 0 aromatic heterocycles. The molecular weight excluding hydrogens is 264 g/mol. The minimum atomic E-state index is 0.00317. The highest BCUT2D eigenvalue weighted by Crippen LogP contribution is 2.24. The van der Waals surface area contributed by atoms with E-state index in [0.29, 0.717) is 12.0 Å². The molecule has 2 amide bonds. The molecule has 114 valence electrons. The van der Waals surface area contributed by atoms with Crippen LogP contribution in [0.15, 0.2) is 18.2 Å². The van der Waals surface area contributed by atoms with Crippen molar-refractivity contribution in [2.45, 2.75) is 46.0 Å². The lowest BCUT2D eigenvalue weighted by Gasteiger charge is -2.22. The van der Waals surface area contributed by atoms with Crippen molar-refractivity contribution < 1.29 is 9.59 Å². The number of hydrogen-bond acceptors (Lipinski definition) is 2. The third-order valence-corrected chi connectivity index (χ3v) is 3.83. The molecular formula is C17H24N2O2. The van der Waals surface area contributed by atoms with E-state index >= 15 is 0 Å². The van der Waals surface area contributed by atoms with Gasteiger partial charge >= 0.3 is 0 Å². The maximum atomic E-state index is 12.7. The van der Waals surface area contributed by atoms with E-state index in [1.54, 1.807) is 0 Å². The maximum absolute atomic E-state index is 12.7. The number of amides is 2. The summed E-state index contributed by atoms with van der Waals surface area (Å²) in [6.45, 7) is 5.87. The van der Waals surface area contributed by atoms with E-state index in [9.17, 15) is 9.59 Å². The zero-order chi connectivity index (χ0) is 15.2. The molecule has 0 bridgehead atoms. The number of carbonyl (C=O) groups is 2. The van der Waals surface area contributed by atoms with Gasteiger partial charge < -0.3 is 10.2 Å². The molecule has 4 heteroatoms. The molecule has 0 radical (unpaired) electrons. The molecule has 0 unspecified atom stereocenters. The van der Waals surface area contributed by atoms with Gasteiger partial charge in [-0.1, -0.05) is 32.8 Å². The van der Waals surface area contributed by atoms with Gasteiger partial charge in [-0.2, -0.15) is 0 Å². The molecule has 1 aromatic rings. The van der Waals surface area contributed by atoms with Crippen LogP contribution in [0.1, 0.15) is 55.5 Å². The highest BCUT2D eigenvalue weighted by Gasteiger charge is 2.21. The smallest absolute Gasteiger partial charge is 0.253 e. The Morgan fingerprint density at radius 1 is 1.19 bits per heavy atom. The molecule has 0 saturated carbocycles. The quantitative estimate of drug-likeness (QED) is 0.837. The van der Waals surface area contributed by atoms with Crippen molar-refractivity contribution in [3.05, 3.63) is 29.3 Å². The van der Waals surface area contributed by atoms with Crippen molar-refractivity contribution in [2.75, 3.05) is 18.4 Å². The summed E-state index contributed by atoms with van der Waals surface area (Å²) in [5, 5.41) is 2.81. The molecule has 0 saturated heterocycles. The maximum Gasteiger partial charge on any atom is 0.253 e. The highest BCUT2D eigenvalue weighted by atomic mass is 16.2. The zero-order valence-electron chi connectivity index (χ0n) is 12.9. The van der Waals surface area contributed by atoms with Crippen LogP contribution in [0, 0.1) is 0 Å². The summed E-state index contributed by atoms with van der Waals surface area (Å²) in [6, 6.07) is 5.54. The van der Waals surface area contributed by atoms with Crippen molar-refractivity contribution in [3.8, 4) is 0 Å². The molecule has 1 N–H and O–H groups in total. The molecule has 1 aromatic carbocycles. The molecule has 0 fully saturated rings. The Hall–Kier alpha value is -1.84. The van der Waals surface area contributed by atoms with E-state index in [-0.39, 0.29) is 11.8 Å². The lowest BCUT2D eigenvalue weighted by atomic mass is 10.1. The first-order valence-electron chi connectivity index (χ1n) is 7.87. The number of fused-ring (bicyclic) bond motifs is 1. The number of benzene rings is 1. The standard InChI is InChI=1S/C17H24N2O2/c1-3-5-9-19(10-6-4-2)17(21)14-8-7-13-12-16(20)18-15(13)11-14/h7-8,11H,3-6,9-10,12H2,1-2H3,(H,18,20). The number of hydrogen-bond donors (Lipinski definition) is 1. The van der Waals surface area contributed by atoms with Gasteiger partial charge in [-0.15, -0.1) is 0 Å². The monoisotopic (exact) mass is 288 g/mol. The molecule has 0 atom stereocenters. The molecule has 4 nitrogen and oxygen atoms in total. The van der Waals surface area contributed by atoms with Gasteiger partial charge in [0.05, 0.1) is 6.42 Å². The van der Waals surface area contributed by atoms with Crippen molar-refractivity contribution in [1.29, 1.82) is 0 Å². The summed E-state index contributed by atoms with van der Waals surface area (Å²) >= 11 is 0. The second-order valence-corrected chi connectivity index (χ2v) is 5.60. The predicted molar refractivity (Wildman–Crippen MR) is 84.5 cm³/mol. The Bertz CT molecular complexity index is 518. The van der Waals surface area contributed by atoms with Gasteiger partial charge in [0, 0.05) is 24.3 Å². The van der Waals surface area contributed by atoms with Crippen molar-refractivity contribution >= 4 is 17.5 Å². The summed E-state index contributed by atoms with van der Waals surface area (Å²) in [4.78, 5) is 26.0. The van der Waals surface area contributed by atoms with E-state index < -0.39 is 0 Å². The van der Waals surface area contributed by atoms with Gasteiger partial charge in [-0.25, -0.2) is 0 Å². The topological polar surface area (TPSA) is 49.4 Å². The van der Waals surface area contributed by atoms with Gasteiger partial charge in [0.15, 0.2) is 0 Å². The van der Waals surface area contributed by atoms with Gasteiger partial charge in [0.2, 0.25) is 5.91 Å². The molecule has 0 spiro atoms.